The van der Waals surface area contributed by atoms with Crippen molar-refractivity contribution < 1.29 is 13.2 Å². The van der Waals surface area contributed by atoms with Gasteiger partial charge >= 0.3 is 0 Å². The largest absolute Gasteiger partial charge is 0.326 e. The molecule has 1 N–H and O–H groups in total. The summed E-state index contributed by atoms with van der Waals surface area (Å²) in [6.07, 6.45) is 4.28. The number of sulfone groups is 1. The van der Waals surface area contributed by atoms with Crippen LogP contribution in [0.1, 0.15) is 17.9 Å². The number of anilines is 1. The fraction of sp³-hybridized carbons (Fsp3) is 0.143. The molecular formula is C21H18N2O3S. The minimum absolute atomic E-state index is 0.0459. The lowest BCUT2D eigenvalue weighted by molar-refractivity contribution is -0.117. The van der Waals surface area contributed by atoms with Crippen LogP contribution in [0.2, 0.25) is 0 Å². The molecule has 0 bridgehead atoms. The van der Waals surface area contributed by atoms with Crippen LogP contribution in [0.5, 0.6) is 0 Å². The number of carbonyl (C=O) groups excluding carboxylic acids is 1. The molecule has 3 aromatic rings. The highest BCUT2D eigenvalue weighted by Crippen LogP contribution is 2.47. The molecule has 5 nitrogen and oxygen atoms in total. The first kappa shape index (κ1) is 17.4. The highest BCUT2D eigenvalue weighted by molar-refractivity contribution is 7.91. The van der Waals surface area contributed by atoms with Crippen molar-refractivity contribution in [2.45, 2.75) is 22.1 Å². The molecule has 1 amide bonds. The van der Waals surface area contributed by atoms with E-state index in [-0.39, 0.29) is 27.5 Å². The van der Waals surface area contributed by atoms with Gasteiger partial charge in [0.2, 0.25) is 15.7 Å². The number of nitrogens with one attached hydrogen (secondary N) is 1. The smallest absolute Gasteiger partial charge is 0.228 e. The molecule has 1 saturated carbocycles. The number of aromatic nitrogens is 1. The Morgan fingerprint density at radius 2 is 1.52 bits per heavy atom. The Bertz CT molecular complexity index is 1050. The number of pyridine rings is 1. The van der Waals surface area contributed by atoms with Gasteiger partial charge in [-0.15, -0.1) is 0 Å². The summed E-state index contributed by atoms with van der Waals surface area (Å²) in [5.74, 6) is 0.126. The van der Waals surface area contributed by atoms with Gasteiger partial charge in [-0.3, -0.25) is 9.78 Å². The fourth-order valence-electron chi connectivity index (χ4n) is 3.15. The maximum atomic E-state index is 12.6. The Morgan fingerprint density at radius 3 is 2.19 bits per heavy atom. The van der Waals surface area contributed by atoms with Gasteiger partial charge in [0.1, 0.15) is 0 Å². The number of rotatable bonds is 5. The number of hydrogen-bond donors (Lipinski definition) is 1. The van der Waals surface area contributed by atoms with E-state index in [0.717, 1.165) is 12.0 Å². The zero-order chi connectivity index (χ0) is 18.9. The standard InChI is InChI=1S/C21H18N2O3S/c24-21(20-14-19(20)15-10-12-22-13-11-15)23-16-6-8-18(9-7-16)27(25,26)17-4-2-1-3-5-17/h1-13,19-20H,14H2,(H,23,24). The first-order chi connectivity index (χ1) is 13.1. The van der Waals surface area contributed by atoms with Crippen molar-refractivity contribution in [3.05, 3.63) is 84.7 Å². The van der Waals surface area contributed by atoms with E-state index in [4.69, 9.17) is 0 Å². The van der Waals surface area contributed by atoms with E-state index in [1.54, 1.807) is 54.9 Å². The topological polar surface area (TPSA) is 76.1 Å². The van der Waals surface area contributed by atoms with Crippen molar-refractivity contribution >= 4 is 21.4 Å². The fourth-order valence-corrected chi connectivity index (χ4v) is 4.43. The maximum absolute atomic E-state index is 12.6. The average Bonchev–Trinajstić information content (AvgIpc) is 3.51. The minimum atomic E-state index is -3.55. The second-order valence-electron chi connectivity index (χ2n) is 6.56. The molecule has 2 unspecified atom stereocenters. The monoisotopic (exact) mass is 378 g/mol. The molecule has 1 aromatic heterocycles. The molecule has 0 aliphatic heterocycles. The van der Waals surface area contributed by atoms with Crippen molar-refractivity contribution in [1.82, 2.24) is 4.98 Å². The van der Waals surface area contributed by atoms with Crippen molar-refractivity contribution in [3.8, 4) is 0 Å². The summed E-state index contributed by atoms with van der Waals surface area (Å²) >= 11 is 0. The SMILES string of the molecule is O=C(Nc1ccc(S(=O)(=O)c2ccccc2)cc1)C1CC1c1ccncc1. The quantitative estimate of drug-likeness (QED) is 0.735. The van der Waals surface area contributed by atoms with Crippen LogP contribution in [-0.2, 0) is 14.6 Å². The Labute approximate surface area is 158 Å². The van der Waals surface area contributed by atoms with Crippen LogP contribution >= 0.6 is 0 Å². The minimum Gasteiger partial charge on any atom is -0.326 e. The zero-order valence-electron chi connectivity index (χ0n) is 14.4. The summed E-state index contributed by atoms with van der Waals surface area (Å²) in [5.41, 5.74) is 1.71. The number of benzene rings is 2. The van der Waals surface area contributed by atoms with Crippen LogP contribution in [0.25, 0.3) is 0 Å². The second kappa shape index (κ2) is 6.96. The van der Waals surface area contributed by atoms with Crippen LogP contribution in [0.15, 0.2) is 88.9 Å². The van der Waals surface area contributed by atoms with Gasteiger partial charge in [-0.1, -0.05) is 18.2 Å². The van der Waals surface area contributed by atoms with Gasteiger partial charge in [0.25, 0.3) is 0 Å². The summed E-state index contributed by atoms with van der Waals surface area (Å²) < 4.78 is 25.2. The Hall–Kier alpha value is -2.99. The van der Waals surface area contributed by atoms with Crippen LogP contribution in [0.3, 0.4) is 0 Å². The third-order valence-electron chi connectivity index (χ3n) is 4.75. The van der Waals surface area contributed by atoms with E-state index in [2.05, 4.69) is 10.3 Å². The zero-order valence-corrected chi connectivity index (χ0v) is 15.3. The Kier molecular flexibility index (Phi) is 4.49. The van der Waals surface area contributed by atoms with E-state index >= 15 is 0 Å². The van der Waals surface area contributed by atoms with Crippen molar-refractivity contribution in [2.24, 2.45) is 5.92 Å². The van der Waals surface area contributed by atoms with Gasteiger partial charge in [0, 0.05) is 24.0 Å². The van der Waals surface area contributed by atoms with E-state index < -0.39 is 9.84 Å². The summed E-state index contributed by atoms with van der Waals surface area (Å²) in [6, 6.07) is 18.4. The van der Waals surface area contributed by atoms with Crippen LogP contribution in [-0.4, -0.2) is 19.3 Å². The molecule has 27 heavy (non-hydrogen) atoms. The molecule has 1 fully saturated rings. The van der Waals surface area contributed by atoms with E-state index in [1.165, 1.54) is 12.1 Å². The lowest BCUT2D eigenvalue weighted by atomic mass is 10.1. The summed E-state index contributed by atoms with van der Waals surface area (Å²) in [7, 11) is -3.55. The van der Waals surface area contributed by atoms with Crippen molar-refractivity contribution in [2.75, 3.05) is 5.32 Å². The lowest BCUT2D eigenvalue weighted by Crippen LogP contribution is -2.14. The summed E-state index contributed by atoms with van der Waals surface area (Å²) in [5, 5.41) is 2.87. The molecule has 0 saturated heterocycles. The first-order valence-electron chi connectivity index (χ1n) is 8.67. The molecule has 1 aliphatic rings. The molecular weight excluding hydrogens is 360 g/mol. The highest BCUT2D eigenvalue weighted by atomic mass is 32.2. The molecule has 136 valence electrons. The molecule has 6 heteroatoms. The van der Waals surface area contributed by atoms with Gasteiger partial charge in [0.15, 0.2) is 0 Å². The van der Waals surface area contributed by atoms with E-state index in [0.29, 0.717) is 5.69 Å². The number of amides is 1. The number of hydrogen-bond acceptors (Lipinski definition) is 4. The van der Waals surface area contributed by atoms with Gasteiger partial charge in [-0.25, -0.2) is 8.42 Å². The van der Waals surface area contributed by atoms with Crippen LogP contribution < -0.4 is 5.32 Å². The molecule has 1 heterocycles. The number of nitrogens with zero attached hydrogens (tertiary/aromatic N) is 1. The van der Waals surface area contributed by atoms with Crippen molar-refractivity contribution in [3.63, 3.8) is 0 Å². The Morgan fingerprint density at radius 1 is 0.889 bits per heavy atom. The molecule has 0 spiro atoms. The van der Waals surface area contributed by atoms with Crippen molar-refractivity contribution in [1.29, 1.82) is 0 Å². The van der Waals surface area contributed by atoms with Crippen LogP contribution in [0.4, 0.5) is 5.69 Å². The van der Waals surface area contributed by atoms with Gasteiger partial charge in [-0.2, -0.15) is 0 Å². The summed E-state index contributed by atoms with van der Waals surface area (Å²) in [4.78, 5) is 16.9. The normalized spacial score (nSPS) is 18.7. The third kappa shape index (κ3) is 3.61. The van der Waals surface area contributed by atoms with Crippen LogP contribution in [0, 0.1) is 5.92 Å². The predicted octanol–water partition coefficient (Wildman–Crippen LogP) is 3.66. The lowest BCUT2D eigenvalue weighted by Gasteiger charge is -2.08. The van der Waals surface area contributed by atoms with Gasteiger partial charge in [-0.05, 0) is 66.4 Å². The maximum Gasteiger partial charge on any atom is 0.228 e. The molecule has 1 aliphatic carbocycles. The Balaban J connectivity index is 1.44. The van der Waals surface area contributed by atoms with Gasteiger partial charge < -0.3 is 5.32 Å². The molecule has 4 rings (SSSR count). The number of carbonyl (C=O) groups is 1. The molecule has 2 atom stereocenters. The predicted molar refractivity (Wildman–Crippen MR) is 102 cm³/mol. The summed E-state index contributed by atoms with van der Waals surface area (Å²) in [6.45, 7) is 0. The third-order valence-corrected chi connectivity index (χ3v) is 6.53. The average molecular weight is 378 g/mol. The second-order valence-corrected chi connectivity index (χ2v) is 8.51. The molecule has 0 radical (unpaired) electrons. The van der Waals surface area contributed by atoms with E-state index in [1.807, 2.05) is 12.1 Å². The highest BCUT2D eigenvalue weighted by Gasteiger charge is 2.43. The van der Waals surface area contributed by atoms with Gasteiger partial charge in [0.05, 0.1) is 9.79 Å². The first-order valence-corrected chi connectivity index (χ1v) is 10.1. The van der Waals surface area contributed by atoms with E-state index in [9.17, 15) is 13.2 Å². The molecule has 2 aromatic carbocycles.